The standard InChI is InChI=1S/C18H21N3O3/c1-12-5-6-14(10-13(12)2)15-4-3-8-21(15)17(23)11-20-9-7-16(22)19-18(20)24/h5-7,9-10,15H,3-4,8,11H2,1-2H3,(H,19,22,24)/t15-/m0/s1. The van der Waals surface area contributed by atoms with Crippen LogP contribution in [0.4, 0.5) is 0 Å². The minimum Gasteiger partial charge on any atom is -0.334 e. The highest BCUT2D eigenvalue weighted by Crippen LogP contribution is 2.32. The fourth-order valence-electron chi connectivity index (χ4n) is 3.19. The number of nitrogens with one attached hydrogen (secondary N) is 1. The number of aryl methyl sites for hydroxylation is 2. The van der Waals surface area contributed by atoms with Crippen molar-refractivity contribution in [2.75, 3.05) is 6.54 Å². The number of nitrogens with zero attached hydrogens (tertiary/aromatic N) is 2. The van der Waals surface area contributed by atoms with Crippen LogP contribution in [0.15, 0.2) is 40.1 Å². The van der Waals surface area contributed by atoms with Crippen LogP contribution in [0.25, 0.3) is 0 Å². The topological polar surface area (TPSA) is 75.2 Å². The molecule has 1 aliphatic rings. The molecule has 126 valence electrons. The second-order valence-electron chi connectivity index (χ2n) is 6.33. The molecule has 3 rings (SSSR count). The summed E-state index contributed by atoms with van der Waals surface area (Å²) < 4.78 is 1.24. The minimum absolute atomic E-state index is 0.0512. The highest BCUT2D eigenvalue weighted by molar-refractivity contribution is 5.76. The molecule has 1 saturated heterocycles. The van der Waals surface area contributed by atoms with Gasteiger partial charge >= 0.3 is 5.69 Å². The third kappa shape index (κ3) is 3.18. The molecule has 0 bridgehead atoms. The van der Waals surface area contributed by atoms with Crippen LogP contribution in [0.5, 0.6) is 0 Å². The minimum atomic E-state index is -0.558. The Balaban J connectivity index is 1.81. The summed E-state index contributed by atoms with van der Waals surface area (Å²) in [5.74, 6) is -0.107. The molecule has 2 heterocycles. The Morgan fingerprint density at radius 2 is 2.00 bits per heavy atom. The molecule has 1 aromatic carbocycles. The highest BCUT2D eigenvalue weighted by Gasteiger charge is 2.30. The smallest absolute Gasteiger partial charge is 0.328 e. The van der Waals surface area contributed by atoms with Gasteiger partial charge in [-0.15, -0.1) is 0 Å². The first-order valence-electron chi connectivity index (χ1n) is 8.12. The number of hydrogen-bond acceptors (Lipinski definition) is 3. The number of amides is 1. The van der Waals surface area contributed by atoms with Crippen LogP contribution in [0.3, 0.4) is 0 Å². The predicted molar refractivity (Wildman–Crippen MR) is 90.9 cm³/mol. The Bertz CT molecular complexity index is 882. The lowest BCUT2D eigenvalue weighted by molar-refractivity contribution is -0.132. The zero-order chi connectivity index (χ0) is 17.3. The Morgan fingerprint density at radius 1 is 1.21 bits per heavy atom. The molecule has 0 aliphatic carbocycles. The van der Waals surface area contributed by atoms with E-state index in [0.29, 0.717) is 6.54 Å². The van der Waals surface area contributed by atoms with E-state index in [4.69, 9.17) is 0 Å². The van der Waals surface area contributed by atoms with Gasteiger partial charge in [0, 0.05) is 18.8 Å². The second kappa shape index (κ2) is 6.47. The van der Waals surface area contributed by atoms with Crippen LogP contribution in [0.1, 0.15) is 35.6 Å². The fraction of sp³-hybridized carbons (Fsp3) is 0.389. The van der Waals surface area contributed by atoms with Crippen LogP contribution >= 0.6 is 0 Å². The number of rotatable bonds is 3. The van der Waals surface area contributed by atoms with Gasteiger partial charge in [-0.3, -0.25) is 19.1 Å². The molecular formula is C18H21N3O3. The van der Waals surface area contributed by atoms with Crippen molar-refractivity contribution in [3.63, 3.8) is 0 Å². The summed E-state index contributed by atoms with van der Waals surface area (Å²) in [4.78, 5) is 39.5. The lowest BCUT2D eigenvalue weighted by Crippen LogP contribution is -2.38. The number of aromatic nitrogens is 2. The van der Waals surface area contributed by atoms with Crippen molar-refractivity contribution in [3.8, 4) is 0 Å². The van der Waals surface area contributed by atoms with Gasteiger partial charge in [-0.2, -0.15) is 0 Å². The molecule has 0 radical (unpaired) electrons. The average Bonchev–Trinajstić information content (AvgIpc) is 3.02. The molecule has 1 aliphatic heterocycles. The van der Waals surface area contributed by atoms with Crippen LogP contribution in [0, 0.1) is 13.8 Å². The molecule has 6 heteroatoms. The molecule has 0 spiro atoms. The summed E-state index contributed by atoms with van der Waals surface area (Å²) in [5.41, 5.74) is 2.56. The van der Waals surface area contributed by atoms with Gasteiger partial charge in [0.2, 0.25) is 5.91 Å². The lowest BCUT2D eigenvalue weighted by atomic mass is 9.99. The normalized spacial score (nSPS) is 17.2. The molecule has 1 aromatic heterocycles. The van der Waals surface area contributed by atoms with E-state index < -0.39 is 11.2 Å². The number of aromatic amines is 1. The van der Waals surface area contributed by atoms with Gasteiger partial charge < -0.3 is 4.90 Å². The van der Waals surface area contributed by atoms with E-state index >= 15 is 0 Å². The van der Waals surface area contributed by atoms with Gasteiger partial charge in [0.05, 0.1) is 6.04 Å². The van der Waals surface area contributed by atoms with Crippen LogP contribution < -0.4 is 11.2 Å². The van der Waals surface area contributed by atoms with Crippen molar-refractivity contribution >= 4 is 5.91 Å². The maximum absolute atomic E-state index is 12.7. The SMILES string of the molecule is Cc1ccc([C@@H]2CCCN2C(=O)Cn2ccc(=O)[nH]c2=O)cc1C. The molecule has 1 fully saturated rings. The molecule has 2 aromatic rings. The van der Waals surface area contributed by atoms with E-state index in [0.717, 1.165) is 18.4 Å². The van der Waals surface area contributed by atoms with Crippen molar-refractivity contribution < 1.29 is 4.79 Å². The van der Waals surface area contributed by atoms with Crippen molar-refractivity contribution in [1.29, 1.82) is 0 Å². The van der Waals surface area contributed by atoms with Crippen molar-refractivity contribution in [2.24, 2.45) is 0 Å². The third-order valence-electron chi connectivity index (χ3n) is 4.69. The van der Waals surface area contributed by atoms with E-state index in [1.54, 1.807) is 0 Å². The molecule has 6 nitrogen and oxygen atoms in total. The average molecular weight is 327 g/mol. The van der Waals surface area contributed by atoms with Gasteiger partial charge in [-0.05, 0) is 43.4 Å². The van der Waals surface area contributed by atoms with Crippen LogP contribution in [-0.4, -0.2) is 26.9 Å². The fourth-order valence-corrected chi connectivity index (χ4v) is 3.19. The molecule has 0 unspecified atom stereocenters. The van der Waals surface area contributed by atoms with Crippen molar-refractivity contribution in [1.82, 2.24) is 14.5 Å². The number of H-pyrrole nitrogens is 1. The number of carbonyl (C=O) groups excluding carboxylic acids is 1. The van der Waals surface area contributed by atoms with E-state index in [1.807, 2.05) is 4.90 Å². The molecular weight excluding hydrogens is 306 g/mol. The van der Waals surface area contributed by atoms with E-state index in [-0.39, 0.29) is 18.5 Å². The van der Waals surface area contributed by atoms with Crippen LogP contribution in [-0.2, 0) is 11.3 Å². The van der Waals surface area contributed by atoms with Gasteiger partial charge in [0.15, 0.2) is 0 Å². The van der Waals surface area contributed by atoms with E-state index in [9.17, 15) is 14.4 Å². The maximum atomic E-state index is 12.7. The summed E-state index contributed by atoms with van der Waals surface area (Å²) >= 11 is 0. The van der Waals surface area contributed by atoms with Crippen molar-refractivity contribution in [2.45, 2.75) is 39.3 Å². The zero-order valence-corrected chi connectivity index (χ0v) is 13.9. The van der Waals surface area contributed by atoms with Gasteiger partial charge in [0.1, 0.15) is 6.54 Å². The molecule has 1 amide bonds. The predicted octanol–water partition coefficient (Wildman–Crippen LogP) is 1.52. The Morgan fingerprint density at radius 3 is 2.71 bits per heavy atom. The van der Waals surface area contributed by atoms with E-state index in [1.165, 1.54) is 28.0 Å². The number of likely N-dealkylation sites (tertiary alicyclic amines) is 1. The summed E-state index contributed by atoms with van der Waals surface area (Å²) in [6.45, 7) is 4.77. The summed E-state index contributed by atoms with van der Waals surface area (Å²) in [7, 11) is 0. The lowest BCUT2D eigenvalue weighted by Gasteiger charge is -2.26. The Hall–Kier alpha value is -2.63. The largest absolute Gasteiger partial charge is 0.334 e. The first-order chi connectivity index (χ1) is 11.5. The first kappa shape index (κ1) is 16.2. The number of hydrogen-bond donors (Lipinski definition) is 1. The summed E-state index contributed by atoms with van der Waals surface area (Å²) in [6.07, 6.45) is 3.23. The molecule has 1 atom stereocenters. The monoisotopic (exact) mass is 327 g/mol. The Kier molecular flexibility index (Phi) is 4.38. The first-order valence-corrected chi connectivity index (χ1v) is 8.12. The van der Waals surface area contributed by atoms with Gasteiger partial charge in [0.25, 0.3) is 5.56 Å². The van der Waals surface area contributed by atoms with Gasteiger partial charge in [-0.25, -0.2) is 4.79 Å². The third-order valence-corrected chi connectivity index (χ3v) is 4.69. The summed E-state index contributed by atoms with van der Waals surface area (Å²) in [5, 5.41) is 0. The summed E-state index contributed by atoms with van der Waals surface area (Å²) in [6, 6.07) is 7.59. The molecule has 24 heavy (non-hydrogen) atoms. The molecule has 0 saturated carbocycles. The van der Waals surface area contributed by atoms with Gasteiger partial charge in [-0.1, -0.05) is 18.2 Å². The number of benzene rings is 1. The zero-order valence-electron chi connectivity index (χ0n) is 13.9. The van der Waals surface area contributed by atoms with Crippen molar-refractivity contribution in [3.05, 3.63) is 68.0 Å². The maximum Gasteiger partial charge on any atom is 0.328 e. The second-order valence-corrected chi connectivity index (χ2v) is 6.33. The Labute approximate surface area is 139 Å². The van der Waals surface area contributed by atoms with Crippen LogP contribution in [0.2, 0.25) is 0 Å². The molecule has 1 N–H and O–H groups in total. The quantitative estimate of drug-likeness (QED) is 0.929. The van der Waals surface area contributed by atoms with E-state index in [2.05, 4.69) is 37.0 Å². The highest BCUT2D eigenvalue weighted by atomic mass is 16.2. The number of carbonyl (C=O) groups is 1.